The summed E-state index contributed by atoms with van der Waals surface area (Å²) in [6.45, 7) is 3.91. The fourth-order valence-electron chi connectivity index (χ4n) is 8.26. The fraction of sp³-hybridized carbons (Fsp3) is 0.562. The summed E-state index contributed by atoms with van der Waals surface area (Å²) < 4.78 is 16.6. The molecule has 3 aliphatic carbocycles. The van der Waals surface area contributed by atoms with Gasteiger partial charge in [-0.3, -0.25) is 9.59 Å². The van der Waals surface area contributed by atoms with E-state index in [-0.39, 0.29) is 24.2 Å². The van der Waals surface area contributed by atoms with Gasteiger partial charge in [0.1, 0.15) is 0 Å². The van der Waals surface area contributed by atoms with Crippen molar-refractivity contribution in [3.8, 4) is 17.2 Å². The Morgan fingerprint density at radius 3 is 2.33 bits per heavy atom. The van der Waals surface area contributed by atoms with E-state index in [4.69, 9.17) is 14.2 Å². The van der Waals surface area contributed by atoms with E-state index in [0.29, 0.717) is 29.1 Å². The maximum atomic E-state index is 14.1. The van der Waals surface area contributed by atoms with E-state index < -0.39 is 16.9 Å². The lowest BCUT2D eigenvalue weighted by atomic mass is 9.52. The lowest BCUT2D eigenvalue weighted by Crippen LogP contribution is -2.51. The van der Waals surface area contributed by atoms with Crippen LogP contribution < -0.4 is 19.5 Å². The van der Waals surface area contributed by atoms with Gasteiger partial charge in [0.15, 0.2) is 11.5 Å². The number of aryl methyl sites for hydroxylation is 1. The summed E-state index contributed by atoms with van der Waals surface area (Å²) in [5, 5.41) is 13.4. The number of rotatable bonds is 8. The molecule has 2 aromatic carbocycles. The molecular weight excluding hydrogens is 494 g/mol. The largest absolute Gasteiger partial charge is 0.493 e. The minimum absolute atomic E-state index is 0.0469. The van der Waals surface area contributed by atoms with Gasteiger partial charge in [0, 0.05) is 5.92 Å². The molecule has 7 nitrogen and oxygen atoms in total. The van der Waals surface area contributed by atoms with Crippen LogP contribution in [0.15, 0.2) is 36.4 Å². The van der Waals surface area contributed by atoms with Gasteiger partial charge < -0.3 is 24.6 Å². The monoisotopic (exact) mass is 535 g/mol. The van der Waals surface area contributed by atoms with Gasteiger partial charge in [-0.05, 0) is 104 Å². The molecule has 2 saturated carbocycles. The fourth-order valence-corrected chi connectivity index (χ4v) is 8.26. The molecule has 2 N–H and O–H groups in total. The Hall–Kier alpha value is -3.22. The van der Waals surface area contributed by atoms with Crippen LogP contribution in [0, 0.1) is 23.2 Å². The minimum atomic E-state index is -0.807. The van der Waals surface area contributed by atoms with Crippen molar-refractivity contribution < 1.29 is 28.9 Å². The van der Waals surface area contributed by atoms with Crippen LogP contribution in [0.1, 0.15) is 75.0 Å². The average Bonchev–Trinajstić information content (AvgIpc) is 3.30. The first-order valence-corrected chi connectivity index (χ1v) is 14.1. The number of aliphatic carboxylic acids is 1. The van der Waals surface area contributed by atoms with Gasteiger partial charge in [-0.2, -0.15) is 0 Å². The van der Waals surface area contributed by atoms with Crippen molar-refractivity contribution in [3.05, 3.63) is 53.1 Å². The van der Waals surface area contributed by atoms with Gasteiger partial charge in [-0.1, -0.05) is 24.3 Å². The van der Waals surface area contributed by atoms with Gasteiger partial charge >= 0.3 is 5.97 Å². The van der Waals surface area contributed by atoms with Crippen molar-refractivity contribution in [2.45, 2.75) is 70.3 Å². The minimum Gasteiger partial charge on any atom is -0.493 e. The molecular formula is C32H41NO6. The Bertz CT molecular complexity index is 1230. The van der Waals surface area contributed by atoms with Crippen molar-refractivity contribution in [1.29, 1.82) is 0 Å². The van der Waals surface area contributed by atoms with Crippen LogP contribution in [0.3, 0.4) is 0 Å². The molecule has 0 saturated heterocycles. The first-order valence-electron chi connectivity index (χ1n) is 14.1. The Kier molecular flexibility index (Phi) is 7.29. The molecule has 0 aliphatic heterocycles. The number of benzene rings is 2. The van der Waals surface area contributed by atoms with Crippen LogP contribution in [-0.2, 0) is 21.5 Å². The summed E-state index contributed by atoms with van der Waals surface area (Å²) in [5.74, 6) is 1.45. The molecule has 5 rings (SSSR count). The van der Waals surface area contributed by atoms with E-state index in [9.17, 15) is 14.7 Å². The maximum absolute atomic E-state index is 14.1. The van der Waals surface area contributed by atoms with E-state index >= 15 is 0 Å². The zero-order valence-electron chi connectivity index (χ0n) is 23.7. The number of carbonyl (C=O) groups is 2. The highest BCUT2D eigenvalue weighted by molar-refractivity contribution is 5.82. The van der Waals surface area contributed by atoms with E-state index in [1.165, 1.54) is 11.1 Å². The Labute approximate surface area is 231 Å². The molecule has 0 radical (unpaired) electrons. The standard InChI is InChI=1S/C32H41NO6/c1-31(2,20-16-26(37-3)29(39-5)27(17-20)38-4)33-30(36)25-13-12-24-23-11-10-19-8-6-7-9-21(19)22(23)14-15-32(24,25)18-28(34)35/h6-9,16-17,22-25H,10-15,18H2,1-5H3,(H,33,36)(H,34,35)/t22-,23-,24+,25?,32-/m1/s1. The summed E-state index contributed by atoms with van der Waals surface area (Å²) in [7, 11) is 4.70. The van der Waals surface area contributed by atoms with E-state index in [1.807, 2.05) is 26.0 Å². The first kappa shape index (κ1) is 27.4. The number of methoxy groups -OCH3 is 3. The number of fused-ring (bicyclic) bond motifs is 5. The van der Waals surface area contributed by atoms with Crippen LogP contribution >= 0.6 is 0 Å². The number of hydrogen-bond donors (Lipinski definition) is 2. The lowest BCUT2D eigenvalue weighted by Gasteiger charge is -2.52. The number of carbonyl (C=O) groups excluding carboxylic acids is 1. The van der Waals surface area contributed by atoms with E-state index in [0.717, 1.165) is 44.1 Å². The summed E-state index contributed by atoms with van der Waals surface area (Å²) in [6, 6.07) is 12.4. The van der Waals surface area contributed by atoms with Crippen molar-refractivity contribution in [1.82, 2.24) is 5.32 Å². The number of carboxylic acid groups (broad SMARTS) is 1. The molecule has 0 heterocycles. The third kappa shape index (κ3) is 4.64. The summed E-state index contributed by atoms with van der Waals surface area (Å²) in [4.78, 5) is 26.3. The molecule has 0 spiro atoms. The quantitative estimate of drug-likeness (QED) is 0.451. The molecule has 1 unspecified atom stereocenters. The SMILES string of the molecule is COc1cc(C(C)(C)NC(=O)C2CC[C@H]3[C@@H]4CCc5ccccc5[C@H]4CC[C@]23CC(=O)O)cc(OC)c1OC. The molecule has 2 fully saturated rings. The molecule has 0 bridgehead atoms. The molecule has 7 heteroatoms. The Balaban J connectivity index is 1.43. The van der Waals surface area contributed by atoms with Gasteiger partial charge in [0.25, 0.3) is 0 Å². The van der Waals surface area contributed by atoms with Crippen LogP contribution in [0.25, 0.3) is 0 Å². The first-order chi connectivity index (χ1) is 18.6. The molecule has 0 aromatic heterocycles. The second-order valence-electron chi connectivity index (χ2n) is 12.1. The number of carboxylic acids is 1. The molecule has 39 heavy (non-hydrogen) atoms. The number of nitrogens with one attached hydrogen (secondary N) is 1. The summed E-state index contributed by atoms with van der Waals surface area (Å²) in [5.41, 5.74) is 2.43. The van der Waals surface area contributed by atoms with Crippen LogP contribution in [0.4, 0.5) is 0 Å². The van der Waals surface area contributed by atoms with E-state index in [1.54, 1.807) is 21.3 Å². The van der Waals surface area contributed by atoms with Crippen LogP contribution in [0.5, 0.6) is 17.2 Å². The Morgan fingerprint density at radius 2 is 1.69 bits per heavy atom. The summed E-state index contributed by atoms with van der Waals surface area (Å²) >= 11 is 0. The lowest BCUT2D eigenvalue weighted by molar-refractivity contribution is -0.146. The molecule has 5 atom stereocenters. The third-order valence-corrected chi connectivity index (χ3v) is 9.97. The van der Waals surface area contributed by atoms with Gasteiger partial charge in [0.05, 0.1) is 33.3 Å². The molecule has 2 aromatic rings. The zero-order chi connectivity index (χ0) is 27.9. The van der Waals surface area contributed by atoms with Crippen molar-refractivity contribution in [2.24, 2.45) is 23.2 Å². The van der Waals surface area contributed by atoms with Gasteiger partial charge in [-0.15, -0.1) is 0 Å². The highest BCUT2D eigenvalue weighted by atomic mass is 16.5. The number of amides is 1. The Morgan fingerprint density at radius 1 is 1.00 bits per heavy atom. The third-order valence-electron chi connectivity index (χ3n) is 9.97. The topological polar surface area (TPSA) is 94.1 Å². The van der Waals surface area contributed by atoms with Gasteiger partial charge in [-0.25, -0.2) is 0 Å². The second-order valence-corrected chi connectivity index (χ2v) is 12.1. The van der Waals surface area contributed by atoms with Gasteiger partial charge in [0.2, 0.25) is 11.7 Å². The summed E-state index contributed by atoms with van der Waals surface area (Å²) in [6.07, 6.45) is 5.47. The number of hydrogen-bond acceptors (Lipinski definition) is 5. The molecule has 210 valence electrons. The van der Waals surface area contributed by atoms with Crippen LogP contribution in [0.2, 0.25) is 0 Å². The highest BCUT2D eigenvalue weighted by Crippen LogP contribution is 2.64. The van der Waals surface area contributed by atoms with Crippen LogP contribution in [-0.4, -0.2) is 38.3 Å². The van der Waals surface area contributed by atoms with Crippen molar-refractivity contribution >= 4 is 11.9 Å². The predicted octanol–water partition coefficient (Wildman–Crippen LogP) is 5.69. The highest BCUT2D eigenvalue weighted by Gasteiger charge is 2.60. The van der Waals surface area contributed by atoms with Crippen molar-refractivity contribution in [3.63, 3.8) is 0 Å². The van der Waals surface area contributed by atoms with Crippen molar-refractivity contribution in [2.75, 3.05) is 21.3 Å². The van der Waals surface area contributed by atoms with E-state index in [2.05, 4.69) is 29.6 Å². The smallest absolute Gasteiger partial charge is 0.303 e. The zero-order valence-corrected chi connectivity index (χ0v) is 23.7. The normalized spacial score (nSPS) is 27.5. The second kappa shape index (κ2) is 10.4. The number of ether oxygens (including phenoxy) is 3. The predicted molar refractivity (Wildman–Crippen MR) is 148 cm³/mol. The molecule has 3 aliphatic rings. The molecule has 1 amide bonds. The average molecular weight is 536 g/mol. The maximum Gasteiger partial charge on any atom is 0.303 e.